The number of aromatic carboxylic acids is 1. The van der Waals surface area contributed by atoms with Crippen LogP contribution >= 0.6 is 0 Å². The van der Waals surface area contributed by atoms with Crippen molar-refractivity contribution in [3.63, 3.8) is 0 Å². The van der Waals surface area contributed by atoms with Crippen molar-refractivity contribution in [1.82, 2.24) is 5.16 Å². The van der Waals surface area contributed by atoms with Crippen molar-refractivity contribution >= 4 is 5.97 Å². The summed E-state index contributed by atoms with van der Waals surface area (Å²) in [7, 11) is 2.65. The summed E-state index contributed by atoms with van der Waals surface area (Å²) in [4.78, 5) is 10.8. The molecule has 0 atom stereocenters. The standard InChI is InChI=1S/C14H13F2NO5/c1-14(15,16)7-4-8(12(21-3)10(5-7)20-2)9-6-11(13(18)19)22-17-9/h4-6H,1-3H3,(H,18,19). The highest BCUT2D eigenvalue weighted by Crippen LogP contribution is 2.42. The lowest BCUT2D eigenvalue weighted by Crippen LogP contribution is -2.08. The number of carboxylic acids is 1. The normalized spacial score (nSPS) is 11.3. The van der Waals surface area contributed by atoms with Crippen LogP contribution in [-0.4, -0.2) is 30.5 Å². The van der Waals surface area contributed by atoms with E-state index in [4.69, 9.17) is 14.6 Å². The van der Waals surface area contributed by atoms with E-state index in [1.807, 2.05) is 0 Å². The second kappa shape index (κ2) is 5.63. The maximum absolute atomic E-state index is 13.6. The summed E-state index contributed by atoms with van der Waals surface area (Å²) in [5.74, 6) is -4.61. The monoisotopic (exact) mass is 313 g/mol. The number of carbonyl (C=O) groups is 1. The van der Waals surface area contributed by atoms with E-state index < -0.39 is 17.7 Å². The van der Waals surface area contributed by atoms with Gasteiger partial charge in [-0.05, 0) is 12.1 Å². The lowest BCUT2D eigenvalue weighted by Gasteiger charge is -2.17. The third-order valence-corrected chi connectivity index (χ3v) is 2.98. The molecule has 6 nitrogen and oxygen atoms in total. The van der Waals surface area contributed by atoms with Gasteiger partial charge in [-0.1, -0.05) is 5.16 Å². The molecule has 0 spiro atoms. The number of alkyl halides is 2. The summed E-state index contributed by atoms with van der Waals surface area (Å²) in [5.41, 5.74) is -0.117. The fraction of sp³-hybridized carbons (Fsp3) is 0.286. The van der Waals surface area contributed by atoms with Crippen LogP contribution in [0.5, 0.6) is 11.5 Å². The first kappa shape index (κ1) is 15.7. The van der Waals surface area contributed by atoms with Gasteiger partial charge >= 0.3 is 5.97 Å². The Hall–Kier alpha value is -2.64. The number of carboxylic acid groups (broad SMARTS) is 1. The molecule has 2 aromatic rings. The van der Waals surface area contributed by atoms with E-state index in [0.29, 0.717) is 0 Å². The Kier molecular flexibility index (Phi) is 4.03. The molecule has 0 saturated heterocycles. The maximum atomic E-state index is 13.6. The Morgan fingerprint density at radius 2 is 1.95 bits per heavy atom. The molecule has 1 aromatic heterocycles. The van der Waals surface area contributed by atoms with Crippen molar-refractivity contribution in [3.05, 3.63) is 29.5 Å². The zero-order chi connectivity index (χ0) is 16.5. The van der Waals surface area contributed by atoms with Gasteiger partial charge in [0.2, 0.25) is 5.76 Å². The number of benzene rings is 1. The predicted molar refractivity (Wildman–Crippen MR) is 71.6 cm³/mol. The van der Waals surface area contributed by atoms with Gasteiger partial charge in [0.05, 0.1) is 19.8 Å². The van der Waals surface area contributed by atoms with Gasteiger partial charge in [0.25, 0.3) is 5.92 Å². The number of nitrogens with zero attached hydrogens (tertiary/aromatic N) is 1. The lowest BCUT2D eigenvalue weighted by atomic mass is 10.0. The van der Waals surface area contributed by atoms with E-state index in [1.54, 1.807) is 0 Å². The van der Waals surface area contributed by atoms with Gasteiger partial charge in [-0.2, -0.15) is 0 Å². The van der Waals surface area contributed by atoms with Crippen molar-refractivity contribution in [2.45, 2.75) is 12.8 Å². The minimum absolute atomic E-state index is 0.0543. The van der Waals surface area contributed by atoms with Gasteiger partial charge in [-0.25, -0.2) is 13.6 Å². The highest BCUT2D eigenvalue weighted by Gasteiger charge is 2.29. The number of hydrogen-bond donors (Lipinski definition) is 1. The molecule has 0 unspecified atom stereocenters. The topological polar surface area (TPSA) is 81.8 Å². The van der Waals surface area contributed by atoms with Crippen molar-refractivity contribution < 1.29 is 32.7 Å². The summed E-state index contributed by atoms with van der Waals surface area (Å²) < 4.78 is 42.1. The highest BCUT2D eigenvalue weighted by molar-refractivity contribution is 5.86. The summed E-state index contributed by atoms with van der Waals surface area (Å²) >= 11 is 0. The molecule has 1 heterocycles. The number of methoxy groups -OCH3 is 2. The van der Waals surface area contributed by atoms with Crippen molar-refractivity contribution in [2.24, 2.45) is 0 Å². The Bertz CT molecular complexity index is 706. The predicted octanol–water partition coefficient (Wildman–Crippen LogP) is 3.17. The number of rotatable bonds is 5. The third kappa shape index (κ3) is 2.85. The fourth-order valence-corrected chi connectivity index (χ4v) is 1.91. The molecule has 0 aliphatic rings. The van der Waals surface area contributed by atoms with E-state index in [0.717, 1.165) is 25.1 Å². The second-order valence-electron chi connectivity index (χ2n) is 4.53. The van der Waals surface area contributed by atoms with Crippen LogP contribution in [0.4, 0.5) is 8.78 Å². The largest absolute Gasteiger partial charge is 0.493 e. The SMILES string of the molecule is COc1cc(C(C)(F)F)cc(-c2cc(C(=O)O)on2)c1OC. The minimum atomic E-state index is -3.12. The average Bonchev–Trinajstić information content (AvgIpc) is 2.94. The van der Waals surface area contributed by atoms with Crippen LogP contribution in [0.3, 0.4) is 0 Å². The van der Waals surface area contributed by atoms with E-state index in [9.17, 15) is 13.6 Å². The van der Waals surface area contributed by atoms with Crippen LogP contribution in [0.15, 0.2) is 22.7 Å². The van der Waals surface area contributed by atoms with Gasteiger partial charge in [0.1, 0.15) is 5.69 Å². The van der Waals surface area contributed by atoms with Crippen LogP contribution in [0.25, 0.3) is 11.3 Å². The highest BCUT2D eigenvalue weighted by atomic mass is 19.3. The molecule has 0 aliphatic carbocycles. The Balaban J connectivity index is 2.68. The second-order valence-corrected chi connectivity index (χ2v) is 4.53. The molecule has 8 heteroatoms. The molecule has 0 amide bonds. The quantitative estimate of drug-likeness (QED) is 0.913. The van der Waals surface area contributed by atoms with Gasteiger partial charge < -0.3 is 19.1 Å². The van der Waals surface area contributed by atoms with Crippen LogP contribution in [0, 0.1) is 0 Å². The maximum Gasteiger partial charge on any atom is 0.374 e. The molecule has 0 bridgehead atoms. The Morgan fingerprint density at radius 3 is 2.41 bits per heavy atom. The first-order valence-electron chi connectivity index (χ1n) is 6.12. The van der Waals surface area contributed by atoms with Gasteiger partial charge in [-0.3, -0.25) is 0 Å². The minimum Gasteiger partial charge on any atom is -0.493 e. The third-order valence-electron chi connectivity index (χ3n) is 2.98. The molecule has 0 fully saturated rings. The number of aromatic nitrogens is 1. The molecule has 22 heavy (non-hydrogen) atoms. The summed E-state index contributed by atoms with van der Waals surface area (Å²) in [6.45, 7) is 0.740. The van der Waals surface area contributed by atoms with E-state index >= 15 is 0 Å². The van der Waals surface area contributed by atoms with Crippen LogP contribution < -0.4 is 9.47 Å². The zero-order valence-corrected chi connectivity index (χ0v) is 12.0. The summed E-state index contributed by atoms with van der Waals surface area (Å²) in [6.07, 6.45) is 0. The van der Waals surface area contributed by atoms with Crippen molar-refractivity contribution in [1.29, 1.82) is 0 Å². The average molecular weight is 313 g/mol. The van der Waals surface area contributed by atoms with Crippen molar-refractivity contribution in [2.75, 3.05) is 14.2 Å². The molecule has 1 aromatic carbocycles. The molecular formula is C14H13F2NO5. The van der Waals surface area contributed by atoms with Crippen LogP contribution in [-0.2, 0) is 5.92 Å². The first-order valence-corrected chi connectivity index (χ1v) is 6.12. The molecular weight excluding hydrogens is 300 g/mol. The lowest BCUT2D eigenvalue weighted by molar-refractivity contribution is 0.0172. The molecule has 118 valence electrons. The van der Waals surface area contributed by atoms with E-state index in [2.05, 4.69) is 9.68 Å². The number of hydrogen-bond acceptors (Lipinski definition) is 5. The van der Waals surface area contributed by atoms with Gasteiger partial charge in [-0.15, -0.1) is 0 Å². The Labute approximate surface area is 124 Å². The fourth-order valence-electron chi connectivity index (χ4n) is 1.91. The summed E-state index contributed by atoms with van der Waals surface area (Å²) in [6, 6.07) is 3.43. The number of halogens is 2. The smallest absolute Gasteiger partial charge is 0.374 e. The Morgan fingerprint density at radius 1 is 1.27 bits per heavy atom. The molecule has 2 rings (SSSR count). The molecule has 0 radical (unpaired) electrons. The zero-order valence-electron chi connectivity index (χ0n) is 12.0. The van der Waals surface area contributed by atoms with Crippen LogP contribution in [0.1, 0.15) is 23.0 Å². The molecule has 0 aliphatic heterocycles. The van der Waals surface area contributed by atoms with E-state index in [-0.39, 0.29) is 28.3 Å². The molecule has 1 N–H and O–H groups in total. The van der Waals surface area contributed by atoms with E-state index in [1.165, 1.54) is 14.2 Å². The van der Waals surface area contributed by atoms with Crippen molar-refractivity contribution in [3.8, 4) is 22.8 Å². The van der Waals surface area contributed by atoms with Gasteiger partial charge in [0, 0.05) is 18.6 Å². The first-order chi connectivity index (χ1) is 10.3. The number of ether oxygens (including phenoxy) is 2. The molecule has 0 saturated carbocycles. The summed E-state index contributed by atoms with van der Waals surface area (Å²) in [5, 5.41) is 12.4. The van der Waals surface area contributed by atoms with Crippen LogP contribution in [0.2, 0.25) is 0 Å². The van der Waals surface area contributed by atoms with Gasteiger partial charge in [0.15, 0.2) is 11.5 Å².